The van der Waals surface area contributed by atoms with Gasteiger partial charge >= 0.3 is 5.69 Å². The third-order valence-corrected chi connectivity index (χ3v) is 3.83. The predicted molar refractivity (Wildman–Crippen MR) is 75.3 cm³/mol. The van der Waals surface area contributed by atoms with Crippen molar-refractivity contribution in [2.75, 3.05) is 20.2 Å². The average Bonchev–Trinajstić information content (AvgIpc) is 2.48. The van der Waals surface area contributed by atoms with Gasteiger partial charge < -0.3 is 14.7 Å². The van der Waals surface area contributed by atoms with Crippen molar-refractivity contribution in [1.82, 2.24) is 4.90 Å². The Morgan fingerprint density at radius 1 is 1.52 bits per heavy atom. The molecule has 7 nitrogen and oxygen atoms in total. The maximum absolute atomic E-state index is 12.4. The molecule has 1 aromatic carbocycles. The molecule has 1 heterocycles. The average molecular weight is 294 g/mol. The number of piperidine rings is 1. The number of likely N-dealkylation sites (tertiary alicyclic amines) is 1. The number of aliphatic hydroxyl groups is 1. The van der Waals surface area contributed by atoms with Crippen LogP contribution in [0.5, 0.6) is 5.75 Å². The van der Waals surface area contributed by atoms with Gasteiger partial charge in [0.2, 0.25) is 0 Å². The topological polar surface area (TPSA) is 92.9 Å². The van der Waals surface area contributed by atoms with E-state index in [0.717, 1.165) is 6.42 Å². The first kappa shape index (κ1) is 15.2. The Labute approximate surface area is 122 Å². The third kappa shape index (κ3) is 3.13. The number of hydrogen-bond donors (Lipinski definition) is 1. The molecule has 2 unspecified atom stereocenters. The van der Waals surface area contributed by atoms with Crippen LogP contribution in [-0.4, -0.2) is 47.1 Å². The van der Waals surface area contributed by atoms with E-state index in [4.69, 9.17) is 4.74 Å². The number of nitrogens with zero attached hydrogens (tertiary/aromatic N) is 2. The molecule has 1 amide bonds. The van der Waals surface area contributed by atoms with E-state index in [2.05, 4.69) is 0 Å². The predicted octanol–water partition coefficient (Wildman–Crippen LogP) is 1.45. The first-order chi connectivity index (χ1) is 9.93. The Hall–Kier alpha value is -2.15. The highest BCUT2D eigenvalue weighted by Crippen LogP contribution is 2.28. The molecule has 0 radical (unpaired) electrons. The number of hydrogen-bond acceptors (Lipinski definition) is 5. The lowest BCUT2D eigenvalue weighted by molar-refractivity contribution is -0.385. The van der Waals surface area contributed by atoms with Gasteiger partial charge in [-0.1, -0.05) is 6.92 Å². The standard InChI is InChI=1S/C14H18N2O5/c1-9-5-6-15(8-12(9)17)14(18)10-3-4-11(16(19)20)13(7-10)21-2/h3-4,7,9,12,17H,5-6,8H2,1-2H3. The zero-order chi connectivity index (χ0) is 15.6. The molecule has 0 saturated carbocycles. The highest BCUT2D eigenvalue weighted by atomic mass is 16.6. The molecule has 1 saturated heterocycles. The second-order valence-corrected chi connectivity index (χ2v) is 5.23. The quantitative estimate of drug-likeness (QED) is 0.672. The fourth-order valence-electron chi connectivity index (χ4n) is 2.38. The Morgan fingerprint density at radius 2 is 2.24 bits per heavy atom. The minimum atomic E-state index is -0.556. The molecule has 0 spiro atoms. The van der Waals surface area contributed by atoms with Gasteiger partial charge in [0.25, 0.3) is 5.91 Å². The molecule has 2 atom stereocenters. The smallest absolute Gasteiger partial charge is 0.310 e. The summed E-state index contributed by atoms with van der Waals surface area (Å²) in [6.45, 7) is 2.79. The molecule has 0 bridgehead atoms. The molecule has 1 N–H and O–H groups in total. The minimum Gasteiger partial charge on any atom is -0.490 e. The SMILES string of the molecule is COc1cc(C(=O)N2CCC(C)C(O)C2)ccc1[N+](=O)[O-]. The Bertz CT molecular complexity index is 560. The molecule has 7 heteroatoms. The van der Waals surface area contributed by atoms with Crippen LogP contribution in [0.2, 0.25) is 0 Å². The Kier molecular flexibility index (Phi) is 4.42. The second kappa shape index (κ2) is 6.09. The van der Waals surface area contributed by atoms with Crippen LogP contribution in [0.25, 0.3) is 0 Å². The first-order valence-electron chi connectivity index (χ1n) is 6.73. The fraction of sp³-hybridized carbons (Fsp3) is 0.500. The van der Waals surface area contributed by atoms with Crippen LogP contribution >= 0.6 is 0 Å². The summed E-state index contributed by atoms with van der Waals surface area (Å²) in [5.41, 5.74) is 0.139. The number of rotatable bonds is 3. The summed E-state index contributed by atoms with van der Waals surface area (Å²) in [6.07, 6.45) is 0.194. The number of carbonyl (C=O) groups excluding carboxylic acids is 1. The van der Waals surface area contributed by atoms with Crippen molar-refractivity contribution in [3.8, 4) is 5.75 Å². The highest BCUT2D eigenvalue weighted by molar-refractivity contribution is 5.95. The number of aliphatic hydroxyl groups excluding tert-OH is 1. The number of nitro groups is 1. The van der Waals surface area contributed by atoms with Crippen LogP contribution in [0, 0.1) is 16.0 Å². The molecule has 1 aliphatic heterocycles. The Morgan fingerprint density at radius 3 is 2.81 bits per heavy atom. The normalized spacial score (nSPS) is 22.0. The summed E-state index contributed by atoms with van der Waals surface area (Å²) in [5.74, 6) is -0.0358. The second-order valence-electron chi connectivity index (χ2n) is 5.23. The van der Waals surface area contributed by atoms with Gasteiger partial charge in [0.15, 0.2) is 5.75 Å². The van der Waals surface area contributed by atoms with E-state index in [9.17, 15) is 20.0 Å². The lowest BCUT2D eigenvalue weighted by Gasteiger charge is -2.34. The van der Waals surface area contributed by atoms with Gasteiger partial charge in [-0.15, -0.1) is 0 Å². The van der Waals surface area contributed by atoms with E-state index in [1.54, 1.807) is 4.90 Å². The molecular weight excluding hydrogens is 276 g/mol. The number of ether oxygens (including phenoxy) is 1. The van der Waals surface area contributed by atoms with E-state index < -0.39 is 11.0 Å². The van der Waals surface area contributed by atoms with E-state index in [1.165, 1.54) is 25.3 Å². The van der Waals surface area contributed by atoms with Crippen LogP contribution in [0.15, 0.2) is 18.2 Å². The summed E-state index contributed by atoms with van der Waals surface area (Å²) in [5, 5.41) is 20.7. The number of β-amino-alcohol motifs (C(OH)–C–C–N with tert-alkyl or cyclic N) is 1. The molecule has 1 aliphatic rings. The van der Waals surface area contributed by atoms with Gasteiger partial charge in [0, 0.05) is 30.8 Å². The lowest BCUT2D eigenvalue weighted by Crippen LogP contribution is -2.45. The zero-order valence-electron chi connectivity index (χ0n) is 12.0. The monoisotopic (exact) mass is 294 g/mol. The summed E-state index contributed by atoms with van der Waals surface area (Å²) in [7, 11) is 1.32. The largest absolute Gasteiger partial charge is 0.490 e. The third-order valence-electron chi connectivity index (χ3n) is 3.83. The lowest BCUT2D eigenvalue weighted by atomic mass is 9.95. The first-order valence-corrected chi connectivity index (χ1v) is 6.73. The summed E-state index contributed by atoms with van der Waals surface area (Å²) < 4.78 is 4.96. The van der Waals surface area contributed by atoms with Gasteiger partial charge in [-0.05, 0) is 18.4 Å². The summed E-state index contributed by atoms with van der Waals surface area (Å²) in [6, 6.07) is 4.04. The minimum absolute atomic E-state index is 0.0526. The summed E-state index contributed by atoms with van der Waals surface area (Å²) >= 11 is 0. The Balaban J connectivity index is 2.22. The number of benzene rings is 1. The highest BCUT2D eigenvalue weighted by Gasteiger charge is 2.28. The van der Waals surface area contributed by atoms with Crippen molar-refractivity contribution in [2.24, 2.45) is 5.92 Å². The van der Waals surface area contributed by atoms with Gasteiger partial charge in [-0.3, -0.25) is 14.9 Å². The van der Waals surface area contributed by atoms with Gasteiger partial charge in [-0.25, -0.2) is 0 Å². The van der Waals surface area contributed by atoms with Crippen molar-refractivity contribution >= 4 is 11.6 Å². The van der Waals surface area contributed by atoms with Crippen LogP contribution in [0.1, 0.15) is 23.7 Å². The maximum Gasteiger partial charge on any atom is 0.310 e. The molecule has 2 rings (SSSR count). The van der Waals surface area contributed by atoms with E-state index in [1.807, 2.05) is 6.92 Å². The van der Waals surface area contributed by atoms with Crippen LogP contribution in [0.4, 0.5) is 5.69 Å². The molecule has 114 valence electrons. The van der Waals surface area contributed by atoms with Crippen molar-refractivity contribution in [2.45, 2.75) is 19.4 Å². The van der Waals surface area contributed by atoms with Gasteiger partial charge in [-0.2, -0.15) is 0 Å². The molecule has 1 fully saturated rings. The molecular formula is C14H18N2O5. The van der Waals surface area contributed by atoms with E-state index in [0.29, 0.717) is 12.1 Å². The maximum atomic E-state index is 12.4. The van der Waals surface area contributed by atoms with Crippen molar-refractivity contribution in [3.63, 3.8) is 0 Å². The molecule has 21 heavy (non-hydrogen) atoms. The van der Waals surface area contributed by atoms with Gasteiger partial charge in [0.05, 0.1) is 18.1 Å². The van der Waals surface area contributed by atoms with Crippen molar-refractivity contribution < 1.29 is 19.6 Å². The van der Waals surface area contributed by atoms with Crippen LogP contribution in [0.3, 0.4) is 0 Å². The molecule has 0 aromatic heterocycles. The number of carbonyl (C=O) groups is 1. The number of methoxy groups -OCH3 is 1. The fourth-order valence-corrected chi connectivity index (χ4v) is 2.38. The van der Waals surface area contributed by atoms with Gasteiger partial charge in [0.1, 0.15) is 0 Å². The molecule has 1 aromatic rings. The number of nitro benzene ring substituents is 1. The summed E-state index contributed by atoms with van der Waals surface area (Å²) in [4.78, 5) is 24.2. The van der Waals surface area contributed by atoms with Crippen molar-refractivity contribution in [1.29, 1.82) is 0 Å². The van der Waals surface area contributed by atoms with E-state index in [-0.39, 0.29) is 29.8 Å². The van der Waals surface area contributed by atoms with Crippen LogP contribution in [-0.2, 0) is 0 Å². The zero-order valence-corrected chi connectivity index (χ0v) is 12.0. The van der Waals surface area contributed by atoms with Crippen molar-refractivity contribution in [3.05, 3.63) is 33.9 Å². The number of amides is 1. The van der Waals surface area contributed by atoms with Crippen LogP contribution < -0.4 is 4.74 Å². The molecule has 0 aliphatic carbocycles. The van der Waals surface area contributed by atoms with E-state index >= 15 is 0 Å².